The Morgan fingerprint density at radius 2 is 1.76 bits per heavy atom. The fourth-order valence-electron chi connectivity index (χ4n) is 0.579. The SMILES string of the molecule is CCOC(=O)OC(=O)/C(O)=C/SC(=O)OCC. The zero-order valence-corrected chi connectivity index (χ0v) is 10.1. The lowest BCUT2D eigenvalue weighted by atomic mass is 10.6. The van der Waals surface area contributed by atoms with E-state index in [9.17, 15) is 14.4 Å². The fourth-order valence-corrected chi connectivity index (χ4v) is 1.07. The molecule has 0 aromatic carbocycles. The maximum absolute atomic E-state index is 11.0. The molecule has 0 aromatic rings. The van der Waals surface area contributed by atoms with Crippen molar-refractivity contribution in [2.45, 2.75) is 13.8 Å². The standard InChI is InChI=1S/C9H12O7S/c1-3-14-8(12)16-7(11)6(10)5-17-9(13)15-4-2/h5,10H,3-4H2,1-2H3/b6-5-. The highest BCUT2D eigenvalue weighted by Crippen LogP contribution is 2.10. The number of carbonyl (C=O) groups is 3. The van der Waals surface area contributed by atoms with Crippen LogP contribution in [0.25, 0.3) is 0 Å². The molecule has 7 nitrogen and oxygen atoms in total. The molecule has 0 saturated heterocycles. The minimum absolute atomic E-state index is 0.0359. The maximum atomic E-state index is 11.0. The minimum Gasteiger partial charge on any atom is -0.501 e. The van der Waals surface area contributed by atoms with E-state index in [4.69, 9.17) is 5.11 Å². The zero-order valence-electron chi connectivity index (χ0n) is 9.30. The number of hydrogen-bond donors (Lipinski definition) is 1. The van der Waals surface area contributed by atoms with Gasteiger partial charge in [0.1, 0.15) is 0 Å². The summed E-state index contributed by atoms with van der Waals surface area (Å²) in [5.41, 5.74) is 0. The van der Waals surface area contributed by atoms with Gasteiger partial charge >= 0.3 is 17.4 Å². The summed E-state index contributed by atoms with van der Waals surface area (Å²) < 4.78 is 12.9. The van der Waals surface area contributed by atoms with Crippen LogP contribution in [0, 0.1) is 0 Å². The van der Waals surface area contributed by atoms with E-state index >= 15 is 0 Å². The van der Waals surface area contributed by atoms with Gasteiger partial charge in [0.15, 0.2) is 0 Å². The van der Waals surface area contributed by atoms with Crippen molar-refractivity contribution in [2.75, 3.05) is 13.2 Å². The van der Waals surface area contributed by atoms with E-state index in [1.165, 1.54) is 6.92 Å². The van der Waals surface area contributed by atoms with Crippen LogP contribution >= 0.6 is 11.8 Å². The quantitative estimate of drug-likeness (QED) is 0.356. The van der Waals surface area contributed by atoms with Crippen LogP contribution < -0.4 is 0 Å². The molecular weight excluding hydrogens is 252 g/mol. The molecule has 0 radical (unpaired) electrons. The molecule has 0 saturated carbocycles. The van der Waals surface area contributed by atoms with Crippen LogP contribution in [-0.2, 0) is 19.0 Å². The van der Waals surface area contributed by atoms with E-state index in [0.717, 1.165) is 5.41 Å². The third-order valence-corrected chi connectivity index (χ3v) is 1.83. The molecule has 0 spiro atoms. The largest absolute Gasteiger partial charge is 0.516 e. The third kappa shape index (κ3) is 7.23. The van der Waals surface area contributed by atoms with Crippen LogP contribution in [0.3, 0.4) is 0 Å². The van der Waals surface area contributed by atoms with Crippen molar-refractivity contribution in [1.82, 2.24) is 0 Å². The zero-order chi connectivity index (χ0) is 13.3. The Morgan fingerprint density at radius 1 is 1.18 bits per heavy atom. The molecule has 0 rings (SSSR count). The molecule has 0 aliphatic rings. The normalized spacial score (nSPS) is 10.6. The Kier molecular flexibility index (Phi) is 7.61. The molecule has 0 fully saturated rings. The Labute approximate surface area is 102 Å². The summed E-state index contributed by atoms with van der Waals surface area (Å²) in [6.07, 6.45) is -1.22. The molecule has 0 atom stereocenters. The van der Waals surface area contributed by atoms with Crippen molar-refractivity contribution in [2.24, 2.45) is 0 Å². The van der Waals surface area contributed by atoms with Crippen LogP contribution in [0.4, 0.5) is 9.59 Å². The second-order valence-corrected chi connectivity index (χ2v) is 3.18. The van der Waals surface area contributed by atoms with Crippen LogP contribution in [0.15, 0.2) is 11.2 Å². The van der Waals surface area contributed by atoms with Crippen molar-refractivity contribution >= 4 is 29.2 Å². The molecule has 96 valence electrons. The van der Waals surface area contributed by atoms with Crippen molar-refractivity contribution in [3.05, 3.63) is 11.2 Å². The van der Waals surface area contributed by atoms with Gasteiger partial charge in [-0.05, 0) is 25.6 Å². The molecule has 1 N–H and O–H groups in total. The second-order valence-electron chi connectivity index (χ2n) is 2.38. The van der Waals surface area contributed by atoms with Gasteiger partial charge in [-0.15, -0.1) is 0 Å². The van der Waals surface area contributed by atoms with Crippen molar-refractivity contribution in [3.63, 3.8) is 0 Å². The van der Waals surface area contributed by atoms with Gasteiger partial charge in [-0.25, -0.2) is 14.4 Å². The third-order valence-electron chi connectivity index (χ3n) is 1.18. The Morgan fingerprint density at radius 3 is 2.29 bits per heavy atom. The Hall–Kier alpha value is -1.70. The van der Waals surface area contributed by atoms with Crippen molar-refractivity contribution in [3.8, 4) is 0 Å². The molecular formula is C9H12O7S. The van der Waals surface area contributed by atoms with E-state index in [-0.39, 0.29) is 13.2 Å². The van der Waals surface area contributed by atoms with Gasteiger partial charge in [0, 0.05) is 5.41 Å². The fraction of sp³-hybridized carbons (Fsp3) is 0.444. The lowest BCUT2D eigenvalue weighted by molar-refractivity contribution is -0.138. The van der Waals surface area contributed by atoms with Gasteiger partial charge in [0.05, 0.1) is 13.2 Å². The Bertz CT molecular complexity index is 323. The lowest BCUT2D eigenvalue weighted by Gasteiger charge is -2.01. The first-order valence-corrected chi connectivity index (χ1v) is 5.50. The van der Waals surface area contributed by atoms with Crippen molar-refractivity contribution in [1.29, 1.82) is 0 Å². The molecule has 8 heteroatoms. The number of esters is 1. The number of rotatable bonds is 4. The Balaban J connectivity index is 4.16. The molecule has 0 unspecified atom stereocenters. The second kappa shape index (κ2) is 8.45. The van der Waals surface area contributed by atoms with Gasteiger partial charge < -0.3 is 19.3 Å². The highest BCUT2D eigenvalue weighted by atomic mass is 32.2. The highest BCUT2D eigenvalue weighted by Gasteiger charge is 2.16. The summed E-state index contributed by atoms with van der Waals surface area (Å²) in [4.78, 5) is 32.5. The summed E-state index contributed by atoms with van der Waals surface area (Å²) in [6.45, 7) is 3.34. The predicted molar refractivity (Wildman–Crippen MR) is 58.4 cm³/mol. The summed E-state index contributed by atoms with van der Waals surface area (Å²) in [6, 6.07) is 0. The summed E-state index contributed by atoms with van der Waals surface area (Å²) in [5, 5.41) is 9.22. The summed E-state index contributed by atoms with van der Waals surface area (Å²) in [7, 11) is 0. The molecule has 0 aliphatic carbocycles. The summed E-state index contributed by atoms with van der Waals surface area (Å²) in [5.74, 6) is -2.20. The van der Waals surface area contributed by atoms with Crippen LogP contribution in [0.1, 0.15) is 13.8 Å². The number of hydrogen-bond acceptors (Lipinski definition) is 8. The number of ether oxygens (including phenoxy) is 3. The van der Waals surface area contributed by atoms with Crippen LogP contribution in [-0.4, -0.2) is 35.7 Å². The molecule has 0 amide bonds. The van der Waals surface area contributed by atoms with Crippen LogP contribution in [0.2, 0.25) is 0 Å². The van der Waals surface area contributed by atoms with Gasteiger partial charge in [-0.3, -0.25) is 0 Å². The van der Waals surface area contributed by atoms with Gasteiger partial charge in [-0.1, -0.05) is 0 Å². The summed E-state index contributed by atoms with van der Waals surface area (Å²) >= 11 is 0.452. The van der Waals surface area contributed by atoms with Gasteiger partial charge in [-0.2, -0.15) is 0 Å². The topological polar surface area (TPSA) is 99.1 Å². The van der Waals surface area contributed by atoms with E-state index in [1.54, 1.807) is 6.92 Å². The first-order chi connectivity index (χ1) is 8.01. The van der Waals surface area contributed by atoms with E-state index < -0.39 is 23.2 Å². The maximum Gasteiger partial charge on any atom is 0.516 e. The van der Waals surface area contributed by atoms with E-state index in [2.05, 4.69) is 14.2 Å². The highest BCUT2D eigenvalue weighted by molar-refractivity contribution is 8.15. The van der Waals surface area contributed by atoms with Crippen LogP contribution in [0.5, 0.6) is 0 Å². The number of aliphatic hydroxyl groups is 1. The first kappa shape index (κ1) is 15.3. The molecule has 17 heavy (non-hydrogen) atoms. The number of thioether (sulfide) groups is 1. The average Bonchev–Trinajstić information content (AvgIpc) is 2.26. The molecule has 0 heterocycles. The lowest BCUT2D eigenvalue weighted by Crippen LogP contribution is -2.15. The molecule has 0 bridgehead atoms. The smallest absolute Gasteiger partial charge is 0.501 e. The average molecular weight is 264 g/mol. The van der Waals surface area contributed by atoms with E-state index in [1.807, 2.05) is 0 Å². The molecule has 0 aromatic heterocycles. The minimum atomic E-state index is -1.31. The predicted octanol–water partition coefficient (Wildman–Crippen LogP) is 1.98. The first-order valence-electron chi connectivity index (χ1n) is 4.62. The molecule has 0 aliphatic heterocycles. The van der Waals surface area contributed by atoms with E-state index in [0.29, 0.717) is 11.8 Å². The number of aliphatic hydroxyl groups excluding tert-OH is 1. The monoisotopic (exact) mass is 264 g/mol. The van der Waals surface area contributed by atoms with Crippen molar-refractivity contribution < 1.29 is 33.7 Å². The van der Waals surface area contributed by atoms with Gasteiger partial charge in [0.2, 0.25) is 5.76 Å². The number of carbonyl (C=O) groups excluding carboxylic acids is 3. The van der Waals surface area contributed by atoms with Gasteiger partial charge in [0.25, 0.3) is 0 Å².